The quantitative estimate of drug-likeness (QED) is 0.264. The second-order valence-corrected chi connectivity index (χ2v) is 8.78. The van der Waals surface area contributed by atoms with Crippen LogP contribution in [-0.4, -0.2) is 27.5 Å². The van der Waals surface area contributed by atoms with Gasteiger partial charge in [0.05, 0.1) is 18.0 Å². The summed E-state index contributed by atoms with van der Waals surface area (Å²) in [6.07, 6.45) is 2.86. The molecule has 7 nitrogen and oxygen atoms in total. The Kier molecular flexibility index (Phi) is 7.12. The molecule has 0 radical (unpaired) electrons. The van der Waals surface area contributed by atoms with Gasteiger partial charge in [-0.3, -0.25) is 4.79 Å². The van der Waals surface area contributed by atoms with Crippen molar-refractivity contribution in [3.05, 3.63) is 108 Å². The second kappa shape index (κ2) is 11.0. The van der Waals surface area contributed by atoms with E-state index in [4.69, 9.17) is 14.4 Å². The Morgan fingerprint density at radius 3 is 2.57 bits per heavy atom. The minimum Gasteiger partial charge on any atom is -0.494 e. The number of nitrogens with one attached hydrogen (secondary N) is 1. The van der Waals surface area contributed by atoms with Crippen molar-refractivity contribution in [2.75, 3.05) is 6.61 Å². The molecule has 5 rings (SSSR count). The van der Waals surface area contributed by atoms with Crippen molar-refractivity contribution < 1.29 is 14.1 Å². The molecule has 0 spiro atoms. The summed E-state index contributed by atoms with van der Waals surface area (Å²) in [5.41, 5.74) is 5.72. The molecule has 3 aromatic carbocycles. The van der Waals surface area contributed by atoms with Crippen LogP contribution in [0.2, 0.25) is 0 Å². The van der Waals surface area contributed by atoms with Gasteiger partial charge in [0.25, 0.3) is 5.91 Å². The predicted molar refractivity (Wildman–Crippen MR) is 143 cm³/mol. The van der Waals surface area contributed by atoms with E-state index in [1.807, 2.05) is 96.7 Å². The smallest absolute Gasteiger partial charge is 0.273 e. The first-order chi connectivity index (χ1) is 18.1. The Bertz CT molecular complexity index is 1490. The van der Waals surface area contributed by atoms with Crippen molar-refractivity contribution >= 4 is 5.91 Å². The third kappa shape index (κ3) is 5.62. The number of carbonyl (C=O) groups is 1. The van der Waals surface area contributed by atoms with Crippen LogP contribution in [0.3, 0.4) is 0 Å². The summed E-state index contributed by atoms with van der Waals surface area (Å²) >= 11 is 0. The average Bonchev–Trinajstić information content (AvgIpc) is 3.60. The Hall–Kier alpha value is -4.65. The van der Waals surface area contributed by atoms with Gasteiger partial charge in [-0.1, -0.05) is 72.2 Å². The lowest BCUT2D eigenvalue weighted by molar-refractivity contribution is 0.0942. The number of amides is 1. The number of rotatable bonds is 9. The van der Waals surface area contributed by atoms with Crippen LogP contribution in [0.15, 0.2) is 95.6 Å². The molecule has 186 valence electrons. The van der Waals surface area contributed by atoms with Crippen LogP contribution in [0.5, 0.6) is 5.75 Å². The lowest BCUT2D eigenvalue weighted by Gasteiger charge is -2.07. The average molecular weight is 493 g/mol. The molecule has 37 heavy (non-hydrogen) atoms. The number of para-hydroxylation sites is 1. The van der Waals surface area contributed by atoms with Crippen LogP contribution in [0.25, 0.3) is 28.3 Å². The summed E-state index contributed by atoms with van der Waals surface area (Å²) in [6.45, 7) is 5.01. The zero-order valence-corrected chi connectivity index (χ0v) is 20.8. The molecular weight excluding hydrogens is 464 g/mol. The number of ether oxygens (including phenoxy) is 1. The highest BCUT2D eigenvalue weighted by molar-refractivity contribution is 5.93. The molecule has 0 aliphatic rings. The van der Waals surface area contributed by atoms with E-state index in [1.54, 1.807) is 6.07 Å². The van der Waals surface area contributed by atoms with Crippen molar-refractivity contribution in [3.8, 4) is 34.0 Å². The molecule has 0 aliphatic carbocycles. The van der Waals surface area contributed by atoms with Crippen molar-refractivity contribution in [1.29, 1.82) is 0 Å². The number of aryl methyl sites for hydroxylation is 1. The topological polar surface area (TPSA) is 82.2 Å². The van der Waals surface area contributed by atoms with Gasteiger partial charge in [-0.05, 0) is 37.6 Å². The summed E-state index contributed by atoms with van der Waals surface area (Å²) in [5.74, 6) is 1.02. The Balaban J connectivity index is 1.39. The highest BCUT2D eigenvalue weighted by Gasteiger charge is 2.17. The van der Waals surface area contributed by atoms with Gasteiger partial charge in [0.1, 0.15) is 5.75 Å². The van der Waals surface area contributed by atoms with E-state index in [1.165, 1.54) is 0 Å². The molecule has 0 saturated heterocycles. The summed E-state index contributed by atoms with van der Waals surface area (Å²) in [4.78, 5) is 12.9. The normalized spacial score (nSPS) is 10.9. The molecule has 0 unspecified atom stereocenters. The van der Waals surface area contributed by atoms with Gasteiger partial charge in [0.2, 0.25) is 0 Å². The van der Waals surface area contributed by atoms with Gasteiger partial charge in [0, 0.05) is 35.5 Å². The van der Waals surface area contributed by atoms with Crippen molar-refractivity contribution in [3.63, 3.8) is 0 Å². The molecule has 2 aromatic heterocycles. The molecule has 0 saturated carbocycles. The molecule has 7 heteroatoms. The van der Waals surface area contributed by atoms with E-state index in [-0.39, 0.29) is 18.1 Å². The molecule has 1 N–H and O–H groups in total. The monoisotopic (exact) mass is 492 g/mol. The van der Waals surface area contributed by atoms with E-state index in [0.717, 1.165) is 45.8 Å². The van der Waals surface area contributed by atoms with Gasteiger partial charge in [-0.2, -0.15) is 5.10 Å². The van der Waals surface area contributed by atoms with Crippen molar-refractivity contribution in [1.82, 2.24) is 20.3 Å². The standard InChI is InChI=1S/C30H28N4O3/c1-3-16-36-26-11-7-8-23(17-26)29-24(20-34(32-29)25-9-5-4-6-10-25)19-31-30(35)27-18-28(37-33-27)22-14-12-21(2)13-15-22/h4-15,17-18,20H,3,16,19H2,1-2H3,(H,31,35). The number of benzene rings is 3. The van der Waals surface area contributed by atoms with Gasteiger partial charge in [0.15, 0.2) is 11.5 Å². The van der Waals surface area contributed by atoms with E-state index >= 15 is 0 Å². The maximum absolute atomic E-state index is 12.9. The maximum atomic E-state index is 12.9. The fourth-order valence-corrected chi connectivity index (χ4v) is 3.95. The highest BCUT2D eigenvalue weighted by Crippen LogP contribution is 2.27. The SMILES string of the molecule is CCCOc1cccc(-c2nn(-c3ccccc3)cc2CNC(=O)c2cc(-c3ccc(C)cc3)on2)c1. The maximum Gasteiger partial charge on any atom is 0.273 e. The Morgan fingerprint density at radius 1 is 0.973 bits per heavy atom. The number of hydrogen-bond donors (Lipinski definition) is 1. The third-order valence-electron chi connectivity index (χ3n) is 5.91. The van der Waals surface area contributed by atoms with Crippen LogP contribution in [0.1, 0.15) is 35.0 Å². The number of hydrogen-bond acceptors (Lipinski definition) is 5. The number of aromatic nitrogens is 3. The zero-order chi connectivity index (χ0) is 25.6. The largest absolute Gasteiger partial charge is 0.494 e. The van der Waals surface area contributed by atoms with Crippen LogP contribution < -0.4 is 10.1 Å². The van der Waals surface area contributed by atoms with Gasteiger partial charge in [-0.15, -0.1) is 0 Å². The molecule has 2 heterocycles. The van der Waals surface area contributed by atoms with Crippen LogP contribution in [0.4, 0.5) is 0 Å². The fourth-order valence-electron chi connectivity index (χ4n) is 3.95. The minimum atomic E-state index is -0.319. The number of carbonyl (C=O) groups excluding carboxylic acids is 1. The molecule has 0 aliphatic heterocycles. The second-order valence-electron chi connectivity index (χ2n) is 8.78. The van der Waals surface area contributed by atoms with E-state index < -0.39 is 0 Å². The van der Waals surface area contributed by atoms with E-state index in [2.05, 4.69) is 17.4 Å². The molecule has 0 atom stereocenters. The molecule has 5 aromatic rings. The van der Waals surface area contributed by atoms with Gasteiger partial charge < -0.3 is 14.6 Å². The Labute approximate surface area is 215 Å². The van der Waals surface area contributed by atoms with Crippen LogP contribution >= 0.6 is 0 Å². The molecule has 1 amide bonds. The van der Waals surface area contributed by atoms with Crippen LogP contribution in [0, 0.1) is 6.92 Å². The summed E-state index contributed by atoms with van der Waals surface area (Å²) in [6, 6.07) is 27.3. The first-order valence-electron chi connectivity index (χ1n) is 12.3. The predicted octanol–water partition coefficient (Wildman–Crippen LogP) is 6.22. The lowest BCUT2D eigenvalue weighted by Crippen LogP contribution is -2.23. The summed E-state index contributed by atoms with van der Waals surface area (Å²) < 4.78 is 13.1. The van der Waals surface area contributed by atoms with Crippen molar-refractivity contribution in [2.24, 2.45) is 0 Å². The van der Waals surface area contributed by atoms with E-state index in [9.17, 15) is 4.79 Å². The molecular formula is C30H28N4O3. The van der Waals surface area contributed by atoms with Gasteiger partial charge >= 0.3 is 0 Å². The van der Waals surface area contributed by atoms with Crippen molar-refractivity contribution in [2.45, 2.75) is 26.8 Å². The Morgan fingerprint density at radius 2 is 1.78 bits per heavy atom. The number of nitrogens with zero attached hydrogens (tertiary/aromatic N) is 3. The van der Waals surface area contributed by atoms with E-state index in [0.29, 0.717) is 12.4 Å². The summed E-state index contributed by atoms with van der Waals surface area (Å²) in [7, 11) is 0. The zero-order valence-electron chi connectivity index (χ0n) is 20.8. The first kappa shape index (κ1) is 24.1. The highest BCUT2D eigenvalue weighted by atomic mass is 16.5. The lowest BCUT2D eigenvalue weighted by atomic mass is 10.1. The first-order valence-corrected chi connectivity index (χ1v) is 12.3. The molecule has 0 bridgehead atoms. The van der Waals surface area contributed by atoms with Crippen LogP contribution in [-0.2, 0) is 6.54 Å². The molecule has 0 fully saturated rings. The summed E-state index contributed by atoms with van der Waals surface area (Å²) in [5, 5.41) is 11.8. The third-order valence-corrected chi connectivity index (χ3v) is 5.91. The minimum absolute atomic E-state index is 0.225. The van der Waals surface area contributed by atoms with Gasteiger partial charge in [-0.25, -0.2) is 4.68 Å². The fraction of sp³-hybridized carbons (Fsp3) is 0.167.